The fourth-order valence-corrected chi connectivity index (χ4v) is 16.5. The number of hydrogen-bond donors (Lipinski definition) is 0. The van der Waals surface area contributed by atoms with Crippen LogP contribution in [0.1, 0.15) is 84.5 Å². The Morgan fingerprint density at radius 1 is 0.750 bits per heavy atom. The summed E-state index contributed by atoms with van der Waals surface area (Å²) >= 11 is 0. The summed E-state index contributed by atoms with van der Waals surface area (Å²) in [4.78, 5) is 0. The van der Waals surface area contributed by atoms with Crippen LogP contribution < -0.4 is 5.30 Å². The van der Waals surface area contributed by atoms with E-state index in [1.165, 1.54) is 38.5 Å². The molecule has 4 aliphatic rings. The van der Waals surface area contributed by atoms with Crippen LogP contribution in [0.5, 0.6) is 0 Å². The van der Waals surface area contributed by atoms with Crippen molar-refractivity contribution < 1.29 is 0 Å². The van der Waals surface area contributed by atoms with E-state index in [1.54, 1.807) is 43.0 Å². The average Bonchev–Trinajstić information content (AvgIpc) is 3.25. The molecule has 3 fully saturated rings. The second-order valence-corrected chi connectivity index (χ2v) is 15.4. The first-order valence-electron chi connectivity index (χ1n) is 12.0. The quantitative estimate of drug-likeness (QED) is 0.349. The van der Waals surface area contributed by atoms with Crippen LogP contribution in [0.25, 0.3) is 0 Å². The van der Waals surface area contributed by atoms with Crippen molar-refractivity contribution in [3.63, 3.8) is 0 Å². The molecule has 1 aromatic rings. The van der Waals surface area contributed by atoms with E-state index in [2.05, 4.69) is 44.2 Å². The van der Waals surface area contributed by atoms with Gasteiger partial charge in [-0.2, -0.15) is 0 Å². The maximum Gasteiger partial charge on any atom is 0.0114 e. The third-order valence-electron chi connectivity index (χ3n) is 8.46. The predicted octanol–water partition coefficient (Wildman–Crippen LogP) is 7.80. The Morgan fingerprint density at radius 3 is 1.89 bits per heavy atom. The molecule has 1 aromatic carbocycles. The molecule has 1 saturated heterocycles. The Kier molecular flexibility index (Phi) is 6.01. The Bertz CT molecular complexity index is 678. The van der Waals surface area contributed by atoms with Crippen molar-refractivity contribution >= 4 is 21.1 Å². The zero-order valence-electron chi connectivity index (χ0n) is 17.9. The number of allylic oxidation sites excluding steroid dienone is 2. The fourth-order valence-electron chi connectivity index (χ4n) is 7.05. The third kappa shape index (κ3) is 3.46. The van der Waals surface area contributed by atoms with Gasteiger partial charge in [0.1, 0.15) is 0 Å². The minimum absolute atomic E-state index is 0.00195. The summed E-state index contributed by atoms with van der Waals surface area (Å²) < 4.78 is 0. The van der Waals surface area contributed by atoms with Crippen molar-refractivity contribution in [3.05, 3.63) is 41.5 Å². The Hall–Kier alpha value is -0.180. The highest BCUT2D eigenvalue weighted by Crippen LogP contribution is 2.74. The van der Waals surface area contributed by atoms with Gasteiger partial charge in [0.05, 0.1) is 0 Å². The monoisotopic (exact) mass is 412 g/mol. The molecular weight excluding hydrogens is 374 g/mol. The summed E-state index contributed by atoms with van der Waals surface area (Å²) in [7, 11) is 0.205. The molecule has 0 nitrogen and oxygen atoms in total. The van der Waals surface area contributed by atoms with Gasteiger partial charge in [-0.15, -0.1) is 0 Å². The van der Waals surface area contributed by atoms with Gasteiger partial charge in [-0.1, -0.05) is 95.8 Å². The lowest BCUT2D eigenvalue weighted by molar-refractivity contribution is 0.479. The zero-order valence-corrected chi connectivity index (χ0v) is 19.7. The molecular formula is C26H38P2. The minimum atomic E-state index is -0.00195. The highest BCUT2D eigenvalue weighted by atomic mass is 31.1. The number of rotatable bonds is 4. The molecule has 2 bridgehead atoms. The normalized spacial score (nSPS) is 34.5. The fraction of sp³-hybridized carbons (Fsp3) is 0.692. The van der Waals surface area contributed by atoms with Gasteiger partial charge >= 0.3 is 0 Å². The van der Waals surface area contributed by atoms with E-state index in [0.717, 1.165) is 28.3 Å². The molecule has 2 heterocycles. The van der Waals surface area contributed by atoms with Crippen LogP contribution in [0.2, 0.25) is 0 Å². The molecule has 0 spiro atoms. The SMILES string of the molecule is CC1=C(C)[C@@H]2[C@@H](P(C3CCCCC3)C3CCCCC3)C[C@H]1P2c1ccccc1. The van der Waals surface area contributed by atoms with Crippen LogP contribution in [0.4, 0.5) is 0 Å². The van der Waals surface area contributed by atoms with Crippen molar-refractivity contribution in [1.82, 2.24) is 0 Å². The first-order chi connectivity index (χ1) is 13.8. The lowest BCUT2D eigenvalue weighted by Gasteiger charge is -2.45. The molecule has 1 unspecified atom stereocenters. The van der Waals surface area contributed by atoms with Crippen molar-refractivity contribution in [2.75, 3.05) is 0 Å². The van der Waals surface area contributed by atoms with Gasteiger partial charge in [-0.05, 0) is 68.2 Å². The minimum Gasteiger partial charge on any atom is -0.0961 e. The number of fused-ring (bicyclic) bond motifs is 2. The van der Waals surface area contributed by atoms with Crippen molar-refractivity contribution in [2.24, 2.45) is 0 Å². The molecule has 2 heteroatoms. The lowest BCUT2D eigenvalue weighted by Crippen LogP contribution is -2.32. The molecule has 5 rings (SSSR count). The molecule has 2 saturated carbocycles. The molecule has 28 heavy (non-hydrogen) atoms. The smallest absolute Gasteiger partial charge is 0.0114 e. The largest absolute Gasteiger partial charge is 0.0961 e. The van der Waals surface area contributed by atoms with Crippen LogP contribution in [0.3, 0.4) is 0 Å². The van der Waals surface area contributed by atoms with Crippen LogP contribution >= 0.6 is 15.8 Å². The summed E-state index contributed by atoms with van der Waals surface area (Å²) in [6.45, 7) is 5.01. The second kappa shape index (κ2) is 8.52. The summed E-state index contributed by atoms with van der Waals surface area (Å²) in [5.41, 5.74) is 8.73. The van der Waals surface area contributed by atoms with Crippen LogP contribution in [0.15, 0.2) is 41.5 Å². The highest BCUT2D eigenvalue weighted by Gasteiger charge is 2.54. The van der Waals surface area contributed by atoms with E-state index in [0.29, 0.717) is 0 Å². The first-order valence-corrected chi connectivity index (χ1v) is 15.1. The predicted molar refractivity (Wildman–Crippen MR) is 128 cm³/mol. The number of benzene rings is 1. The van der Waals surface area contributed by atoms with Gasteiger partial charge in [-0.25, -0.2) is 0 Å². The molecule has 152 valence electrons. The highest BCUT2D eigenvalue weighted by molar-refractivity contribution is 7.70. The van der Waals surface area contributed by atoms with E-state index < -0.39 is 0 Å². The Labute approximate surface area is 175 Å². The maximum absolute atomic E-state index is 2.53. The van der Waals surface area contributed by atoms with Crippen molar-refractivity contribution in [1.29, 1.82) is 0 Å². The summed E-state index contributed by atoms with van der Waals surface area (Å²) in [6.07, 6.45) is 17.0. The van der Waals surface area contributed by atoms with Crippen molar-refractivity contribution in [3.8, 4) is 0 Å². The lowest BCUT2D eigenvalue weighted by atomic mass is 9.93. The summed E-state index contributed by atoms with van der Waals surface area (Å²) in [5.74, 6) is 0. The van der Waals surface area contributed by atoms with Gasteiger partial charge in [0, 0.05) is 11.3 Å². The van der Waals surface area contributed by atoms with E-state index >= 15 is 0 Å². The number of hydrogen-bond acceptors (Lipinski definition) is 0. The summed E-state index contributed by atoms with van der Waals surface area (Å²) in [6, 6.07) is 11.7. The summed E-state index contributed by atoms with van der Waals surface area (Å²) in [5, 5.41) is 1.70. The van der Waals surface area contributed by atoms with E-state index in [9.17, 15) is 0 Å². The first kappa shape index (κ1) is 19.8. The average molecular weight is 413 g/mol. The Balaban J connectivity index is 1.48. The molecule has 2 aliphatic heterocycles. The second-order valence-electron chi connectivity index (χ2n) is 9.90. The maximum atomic E-state index is 2.53. The third-order valence-corrected chi connectivity index (χ3v) is 16.2. The molecule has 0 aromatic heterocycles. The molecule has 0 radical (unpaired) electrons. The van der Waals surface area contributed by atoms with Crippen LogP contribution in [-0.4, -0.2) is 28.3 Å². The van der Waals surface area contributed by atoms with Gasteiger partial charge in [-0.3, -0.25) is 0 Å². The Morgan fingerprint density at radius 2 is 1.32 bits per heavy atom. The van der Waals surface area contributed by atoms with Gasteiger partial charge < -0.3 is 0 Å². The van der Waals surface area contributed by atoms with Gasteiger partial charge in [0.15, 0.2) is 0 Å². The molecule has 2 aliphatic carbocycles. The van der Waals surface area contributed by atoms with E-state index in [-0.39, 0.29) is 15.8 Å². The molecule has 0 N–H and O–H groups in total. The van der Waals surface area contributed by atoms with Crippen LogP contribution in [0, 0.1) is 0 Å². The standard InChI is InChI=1S/C26H38P2/c1-19-20(2)26-25(18-24(19)28(26)23-16-10-5-11-17-23)27(21-12-6-3-7-13-21)22-14-8-4-9-15-22/h5,10-11,16-17,21-22,24-26H,3-4,6-9,12-15,18H2,1-2H3/t24-,25+,26-,28?/m1/s1. The van der Waals surface area contributed by atoms with Crippen LogP contribution in [-0.2, 0) is 0 Å². The van der Waals surface area contributed by atoms with Crippen molar-refractivity contribution in [2.45, 2.75) is 113 Å². The molecule has 4 atom stereocenters. The van der Waals surface area contributed by atoms with Gasteiger partial charge in [0.25, 0.3) is 0 Å². The van der Waals surface area contributed by atoms with E-state index in [1.807, 2.05) is 5.57 Å². The topological polar surface area (TPSA) is 0 Å². The van der Waals surface area contributed by atoms with E-state index in [4.69, 9.17) is 0 Å². The van der Waals surface area contributed by atoms with Gasteiger partial charge in [0.2, 0.25) is 0 Å². The zero-order chi connectivity index (χ0) is 19.1. The molecule has 0 amide bonds.